The lowest BCUT2D eigenvalue weighted by molar-refractivity contribution is -0.119. The Morgan fingerprint density at radius 2 is 2.11 bits per heavy atom. The molecule has 1 aliphatic rings. The summed E-state index contributed by atoms with van der Waals surface area (Å²) in [6.07, 6.45) is 2.85. The average Bonchev–Trinajstić information content (AvgIpc) is 2.37. The summed E-state index contributed by atoms with van der Waals surface area (Å²) in [4.78, 5) is 11.8. The fourth-order valence-electron chi connectivity index (χ4n) is 2.32. The van der Waals surface area contributed by atoms with E-state index in [1.807, 2.05) is 13.0 Å². The zero-order valence-electron chi connectivity index (χ0n) is 11.1. The van der Waals surface area contributed by atoms with Gasteiger partial charge in [-0.25, -0.2) is 0 Å². The van der Waals surface area contributed by atoms with Crippen LogP contribution in [0.15, 0.2) is 24.3 Å². The molecule has 1 N–H and O–H groups in total. The third-order valence-electron chi connectivity index (χ3n) is 3.37. The number of nitrogens with zero attached hydrogens (tertiary/aromatic N) is 1. The van der Waals surface area contributed by atoms with Crippen LogP contribution in [0.3, 0.4) is 0 Å². The van der Waals surface area contributed by atoms with Gasteiger partial charge in [0.25, 0.3) is 0 Å². The largest absolute Gasteiger partial charge is 0.378 e. The minimum atomic E-state index is 0.0321. The van der Waals surface area contributed by atoms with E-state index < -0.39 is 0 Å². The molecule has 0 atom stereocenters. The summed E-state index contributed by atoms with van der Waals surface area (Å²) in [6, 6.07) is 8.95. The molecule has 0 aromatic heterocycles. The summed E-state index contributed by atoms with van der Waals surface area (Å²) < 4.78 is 5.47. The van der Waals surface area contributed by atoms with E-state index in [4.69, 9.17) is 10.00 Å². The number of nitrogens with one attached hydrogen (secondary N) is 1. The Balaban J connectivity index is 1.74. The number of benzene rings is 1. The van der Waals surface area contributed by atoms with Gasteiger partial charge in [-0.1, -0.05) is 0 Å². The average molecular weight is 258 g/mol. The molecule has 1 aromatic carbocycles. The van der Waals surface area contributed by atoms with Gasteiger partial charge in [-0.2, -0.15) is 5.26 Å². The highest BCUT2D eigenvalue weighted by molar-refractivity contribution is 5.90. The molecule has 0 radical (unpaired) electrons. The Labute approximate surface area is 113 Å². The van der Waals surface area contributed by atoms with Gasteiger partial charge in [0.15, 0.2) is 0 Å². The molecule has 2 rings (SSSR count). The van der Waals surface area contributed by atoms with Crippen molar-refractivity contribution < 1.29 is 9.53 Å². The number of carbonyl (C=O) groups is 1. The summed E-state index contributed by atoms with van der Waals surface area (Å²) in [6.45, 7) is 2.74. The van der Waals surface area contributed by atoms with Crippen molar-refractivity contribution >= 4 is 11.6 Å². The predicted molar refractivity (Wildman–Crippen MR) is 72.5 cm³/mol. The van der Waals surface area contributed by atoms with Crippen LogP contribution in [0, 0.1) is 17.2 Å². The van der Waals surface area contributed by atoms with Gasteiger partial charge in [-0.15, -0.1) is 0 Å². The number of ether oxygens (including phenoxy) is 1. The normalized spacial score (nSPS) is 21.3. The maximum atomic E-state index is 11.8. The lowest BCUT2D eigenvalue weighted by atomic mass is 9.80. The minimum absolute atomic E-state index is 0.0321. The quantitative estimate of drug-likeness (QED) is 0.883. The van der Waals surface area contributed by atoms with Gasteiger partial charge in [-0.05, 0) is 49.9 Å². The van der Waals surface area contributed by atoms with Crippen LogP contribution in [0.1, 0.15) is 31.7 Å². The number of rotatable bonds is 5. The van der Waals surface area contributed by atoms with E-state index in [0.29, 0.717) is 24.0 Å². The van der Waals surface area contributed by atoms with Crippen molar-refractivity contribution in [1.29, 1.82) is 5.26 Å². The van der Waals surface area contributed by atoms with E-state index >= 15 is 0 Å². The second-order valence-electron chi connectivity index (χ2n) is 4.86. The van der Waals surface area contributed by atoms with Gasteiger partial charge in [0, 0.05) is 18.7 Å². The zero-order valence-corrected chi connectivity index (χ0v) is 11.1. The number of hydrogen-bond acceptors (Lipinski definition) is 3. The Bertz CT molecular complexity index is 470. The van der Waals surface area contributed by atoms with Crippen molar-refractivity contribution in [3.05, 3.63) is 29.8 Å². The minimum Gasteiger partial charge on any atom is -0.378 e. The molecule has 4 nitrogen and oxygen atoms in total. The number of anilines is 1. The number of carbonyl (C=O) groups excluding carboxylic acids is 1. The molecule has 4 heteroatoms. The molecular formula is C15H18N2O2. The summed E-state index contributed by atoms with van der Waals surface area (Å²) in [5.74, 6) is 0.472. The summed E-state index contributed by atoms with van der Waals surface area (Å²) >= 11 is 0. The molecule has 1 saturated carbocycles. The van der Waals surface area contributed by atoms with Crippen molar-refractivity contribution in [2.45, 2.75) is 32.3 Å². The van der Waals surface area contributed by atoms with Gasteiger partial charge in [0.2, 0.25) is 5.91 Å². The summed E-state index contributed by atoms with van der Waals surface area (Å²) in [7, 11) is 0. The summed E-state index contributed by atoms with van der Waals surface area (Å²) in [5.41, 5.74) is 1.33. The smallest absolute Gasteiger partial charge is 0.224 e. The first-order valence-electron chi connectivity index (χ1n) is 6.63. The molecule has 0 spiro atoms. The van der Waals surface area contributed by atoms with E-state index in [1.54, 1.807) is 24.3 Å². The third-order valence-corrected chi connectivity index (χ3v) is 3.37. The van der Waals surface area contributed by atoms with Crippen LogP contribution in [-0.2, 0) is 9.53 Å². The number of hydrogen-bond donors (Lipinski definition) is 1. The van der Waals surface area contributed by atoms with Crippen LogP contribution < -0.4 is 5.32 Å². The first kappa shape index (κ1) is 13.6. The van der Waals surface area contributed by atoms with Crippen LogP contribution in [0.25, 0.3) is 0 Å². The fourth-order valence-corrected chi connectivity index (χ4v) is 2.32. The Morgan fingerprint density at radius 3 is 2.68 bits per heavy atom. The van der Waals surface area contributed by atoms with Crippen LogP contribution in [0.2, 0.25) is 0 Å². The van der Waals surface area contributed by atoms with E-state index in [9.17, 15) is 4.79 Å². The van der Waals surface area contributed by atoms with Crippen LogP contribution in [0.5, 0.6) is 0 Å². The van der Waals surface area contributed by atoms with Crippen molar-refractivity contribution in [2.24, 2.45) is 5.92 Å². The Morgan fingerprint density at radius 1 is 1.42 bits per heavy atom. The topological polar surface area (TPSA) is 62.1 Å². The van der Waals surface area contributed by atoms with Crippen molar-refractivity contribution in [2.75, 3.05) is 11.9 Å². The standard InChI is InChI=1S/C15H18N2O2/c1-2-19-14-7-12(8-14)9-15(18)17-13-5-3-11(10-16)4-6-13/h3-6,12,14H,2,7-9H2,1H3,(H,17,18). The van der Waals surface area contributed by atoms with Crippen molar-refractivity contribution in [1.82, 2.24) is 0 Å². The van der Waals surface area contributed by atoms with Crippen LogP contribution in [0.4, 0.5) is 5.69 Å². The molecule has 0 unspecified atom stereocenters. The van der Waals surface area contributed by atoms with E-state index in [1.165, 1.54) is 0 Å². The van der Waals surface area contributed by atoms with Gasteiger partial charge >= 0.3 is 0 Å². The molecule has 1 amide bonds. The summed E-state index contributed by atoms with van der Waals surface area (Å²) in [5, 5.41) is 11.5. The number of nitriles is 1. The van der Waals surface area contributed by atoms with Gasteiger partial charge < -0.3 is 10.1 Å². The van der Waals surface area contributed by atoms with E-state index in [-0.39, 0.29) is 5.91 Å². The molecule has 1 aliphatic carbocycles. The monoisotopic (exact) mass is 258 g/mol. The molecule has 100 valence electrons. The Kier molecular flexibility index (Phi) is 4.53. The van der Waals surface area contributed by atoms with Gasteiger partial charge in [0.1, 0.15) is 0 Å². The molecule has 0 bridgehead atoms. The lowest BCUT2D eigenvalue weighted by Crippen LogP contribution is -2.33. The molecular weight excluding hydrogens is 240 g/mol. The third kappa shape index (κ3) is 3.80. The van der Waals surface area contributed by atoms with Gasteiger partial charge in [0.05, 0.1) is 17.7 Å². The highest BCUT2D eigenvalue weighted by Gasteiger charge is 2.30. The second kappa shape index (κ2) is 6.35. The predicted octanol–water partition coefficient (Wildman–Crippen LogP) is 2.70. The van der Waals surface area contributed by atoms with Crippen molar-refractivity contribution in [3.8, 4) is 6.07 Å². The fraction of sp³-hybridized carbons (Fsp3) is 0.467. The zero-order chi connectivity index (χ0) is 13.7. The molecule has 19 heavy (non-hydrogen) atoms. The SMILES string of the molecule is CCOC1CC(CC(=O)Nc2ccc(C#N)cc2)C1. The number of amides is 1. The highest BCUT2D eigenvalue weighted by atomic mass is 16.5. The molecule has 0 aliphatic heterocycles. The van der Waals surface area contributed by atoms with E-state index in [0.717, 1.165) is 25.1 Å². The maximum absolute atomic E-state index is 11.8. The molecule has 1 aromatic rings. The lowest BCUT2D eigenvalue weighted by Gasteiger charge is -2.34. The first-order valence-corrected chi connectivity index (χ1v) is 6.63. The maximum Gasteiger partial charge on any atom is 0.224 e. The van der Waals surface area contributed by atoms with Crippen LogP contribution >= 0.6 is 0 Å². The molecule has 1 fully saturated rings. The van der Waals surface area contributed by atoms with E-state index in [2.05, 4.69) is 5.32 Å². The van der Waals surface area contributed by atoms with Crippen molar-refractivity contribution in [3.63, 3.8) is 0 Å². The van der Waals surface area contributed by atoms with Crippen LogP contribution in [-0.4, -0.2) is 18.6 Å². The highest BCUT2D eigenvalue weighted by Crippen LogP contribution is 2.32. The first-order chi connectivity index (χ1) is 9.21. The molecule has 0 saturated heterocycles. The Hall–Kier alpha value is -1.86. The van der Waals surface area contributed by atoms with Gasteiger partial charge in [-0.3, -0.25) is 4.79 Å². The second-order valence-corrected chi connectivity index (χ2v) is 4.86. The molecule has 0 heterocycles.